The molecular weight excluding hydrogens is 266 g/mol. The van der Waals surface area contributed by atoms with Crippen LogP contribution in [-0.2, 0) is 16.6 Å². The lowest BCUT2D eigenvalue weighted by Gasteiger charge is -2.33. The van der Waals surface area contributed by atoms with E-state index in [1.54, 1.807) is 15.8 Å². The minimum atomic E-state index is -0.457. The van der Waals surface area contributed by atoms with Crippen molar-refractivity contribution in [2.24, 2.45) is 12.8 Å². The summed E-state index contributed by atoms with van der Waals surface area (Å²) in [6.45, 7) is 0.603. The number of aryl methyl sites for hydroxylation is 1. The van der Waals surface area contributed by atoms with Crippen LogP contribution in [0.15, 0.2) is 11.5 Å². The van der Waals surface area contributed by atoms with Crippen LogP contribution in [0.2, 0.25) is 0 Å². The molecule has 1 fully saturated rings. The van der Waals surface area contributed by atoms with Crippen molar-refractivity contribution >= 4 is 23.6 Å². The van der Waals surface area contributed by atoms with Crippen LogP contribution in [0, 0.1) is 0 Å². The third-order valence-corrected chi connectivity index (χ3v) is 4.17. The fraction of sp³-hybridized carbons (Fsp3) is 0.636. The van der Waals surface area contributed by atoms with Crippen molar-refractivity contribution in [3.8, 4) is 0 Å². The zero-order valence-corrected chi connectivity index (χ0v) is 11.6. The molecular formula is C11H17N5O2S. The molecule has 1 aliphatic heterocycles. The van der Waals surface area contributed by atoms with Crippen LogP contribution in [0.25, 0.3) is 0 Å². The summed E-state index contributed by atoms with van der Waals surface area (Å²) in [4.78, 5) is 25.1. The van der Waals surface area contributed by atoms with E-state index in [-0.39, 0.29) is 11.7 Å². The zero-order chi connectivity index (χ0) is 13.8. The van der Waals surface area contributed by atoms with Crippen molar-refractivity contribution in [3.63, 3.8) is 0 Å². The number of nitrogens with zero attached hydrogens (tertiary/aromatic N) is 4. The molecule has 104 valence electrons. The average molecular weight is 283 g/mol. The number of amides is 2. The topological polar surface area (TPSA) is 94.1 Å². The number of carbonyl (C=O) groups excluding carboxylic acids is 2. The third kappa shape index (κ3) is 3.25. The van der Waals surface area contributed by atoms with Gasteiger partial charge in [0, 0.05) is 13.6 Å². The van der Waals surface area contributed by atoms with E-state index in [9.17, 15) is 9.59 Å². The molecule has 1 atom stereocenters. The standard InChI is InChI=1S/C11H17N5O2S/c1-15-7-13-14-11(15)19-6-9(17)16-5-3-2-4-8(16)10(12)18/h7-8H,2-6H2,1H3,(H2,12,18)/t8-/m0/s1. The molecule has 1 aliphatic rings. The van der Waals surface area contributed by atoms with Gasteiger partial charge < -0.3 is 15.2 Å². The highest BCUT2D eigenvalue weighted by atomic mass is 32.2. The Kier molecular flexibility index (Phi) is 4.41. The highest BCUT2D eigenvalue weighted by molar-refractivity contribution is 7.99. The maximum Gasteiger partial charge on any atom is 0.240 e. The van der Waals surface area contributed by atoms with Crippen molar-refractivity contribution in [2.45, 2.75) is 30.5 Å². The fourth-order valence-electron chi connectivity index (χ4n) is 2.14. The molecule has 0 spiro atoms. The van der Waals surface area contributed by atoms with Crippen molar-refractivity contribution in [3.05, 3.63) is 6.33 Å². The summed E-state index contributed by atoms with van der Waals surface area (Å²) in [6, 6.07) is -0.457. The normalized spacial score (nSPS) is 19.4. The van der Waals surface area contributed by atoms with E-state index in [4.69, 9.17) is 5.73 Å². The number of aromatic nitrogens is 3. The highest BCUT2D eigenvalue weighted by Gasteiger charge is 2.30. The quantitative estimate of drug-likeness (QED) is 0.771. The van der Waals surface area contributed by atoms with E-state index in [0.29, 0.717) is 18.1 Å². The summed E-state index contributed by atoms with van der Waals surface area (Å²) in [5, 5.41) is 8.33. The second kappa shape index (κ2) is 6.05. The Bertz CT molecular complexity index is 475. The SMILES string of the molecule is Cn1cnnc1SCC(=O)N1CCCC[C@H]1C(N)=O. The summed E-state index contributed by atoms with van der Waals surface area (Å²) in [7, 11) is 1.82. The van der Waals surface area contributed by atoms with Gasteiger partial charge in [-0.15, -0.1) is 10.2 Å². The fourth-order valence-corrected chi connectivity index (χ4v) is 2.91. The lowest BCUT2D eigenvalue weighted by molar-refractivity contribution is -0.138. The molecule has 2 rings (SSSR count). The number of carbonyl (C=O) groups is 2. The Balaban J connectivity index is 1.94. The first-order chi connectivity index (χ1) is 9.09. The summed E-state index contributed by atoms with van der Waals surface area (Å²) in [5.74, 6) is -0.246. The molecule has 2 heterocycles. The molecule has 1 saturated heterocycles. The van der Waals surface area contributed by atoms with Gasteiger partial charge in [0.25, 0.3) is 0 Å². The predicted octanol–water partition coefficient (Wildman–Crippen LogP) is -0.226. The van der Waals surface area contributed by atoms with Crippen LogP contribution in [-0.4, -0.2) is 49.8 Å². The summed E-state index contributed by atoms with van der Waals surface area (Å²) >= 11 is 1.32. The number of likely N-dealkylation sites (tertiary alicyclic amines) is 1. The number of rotatable bonds is 4. The van der Waals surface area contributed by atoms with Gasteiger partial charge in [-0.3, -0.25) is 9.59 Å². The molecule has 0 saturated carbocycles. The number of primary amides is 1. The maximum atomic E-state index is 12.2. The van der Waals surface area contributed by atoms with Crippen molar-refractivity contribution in [2.75, 3.05) is 12.3 Å². The van der Waals surface area contributed by atoms with Crippen LogP contribution in [0.4, 0.5) is 0 Å². The second-order valence-corrected chi connectivity index (χ2v) is 5.46. The lowest BCUT2D eigenvalue weighted by Crippen LogP contribution is -2.51. The van der Waals surface area contributed by atoms with Gasteiger partial charge in [-0.1, -0.05) is 11.8 Å². The number of hydrogen-bond donors (Lipinski definition) is 1. The molecule has 7 nitrogen and oxygen atoms in total. The van der Waals surface area contributed by atoms with Crippen molar-refractivity contribution in [1.82, 2.24) is 19.7 Å². The first-order valence-electron chi connectivity index (χ1n) is 6.15. The molecule has 0 unspecified atom stereocenters. The van der Waals surface area contributed by atoms with Crippen LogP contribution in [0.3, 0.4) is 0 Å². The van der Waals surface area contributed by atoms with E-state index in [1.165, 1.54) is 11.8 Å². The number of thioether (sulfide) groups is 1. The monoisotopic (exact) mass is 283 g/mol. The maximum absolute atomic E-state index is 12.2. The molecule has 19 heavy (non-hydrogen) atoms. The first-order valence-corrected chi connectivity index (χ1v) is 7.13. The molecule has 8 heteroatoms. The second-order valence-electron chi connectivity index (χ2n) is 4.51. The van der Waals surface area contributed by atoms with Gasteiger partial charge in [0.1, 0.15) is 12.4 Å². The smallest absolute Gasteiger partial charge is 0.240 e. The first kappa shape index (κ1) is 13.9. The Morgan fingerprint density at radius 2 is 2.32 bits per heavy atom. The third-order valence-electron chi connectivity index (χ3n) is 3.15. The van der Waals surface area contributed by atoms with Crippen molar-refractivity contribution < 1.29 is 9.59 Å². The minimum Gasteiger partial charge on any atom is -0.368 e. The highest BCUT2D eigenvalue weighted by Crippen LogP contribution is 2.20. The predicted molar refractivity (Wildman–Crippen MR) is 70.3 cm³/mol. The van der Waals surface area contributed by atoms with E-state index >= 15 is 0 Å². The molecule has 1 aromatic rings. The Morgan fingerprint density at radius 3 is 2.95 bits per heavy atom. The van der Waals surface area contributed by atoms with E-state index in [2.05, 4.69) is 10.2 Å². The largest absolute Gasteiger partial charge is 0.368 e. The molecule has 1 aromatic heterocycles. The van der Waals surface area contributed by atoms with Crippen molar-refractivity contribution in [1.29, 1.82) is 0 Å². The van der Waals surface area contributed by atoms with Gasteiger partial charge in [0.2, 0.25) is 11.8 Å². The van der Waals surface area contributed by atoms with Gasteiger partial charge >= 0.3 is 0 Å². The summed E-state index contributed by atoms with van der Waals surface area (Å²) < 4.78 is 1.75. The van der Waals surface area contributed by atoms with Crippen LogP contribution in [0.5, 0.6) is 0 Å². The number of nitrogens with two attached hydrogens (primary N) is 1. The zero-order valence-electron chi connectivity index (χ0n) is 10.8. The number of hydrogen-bond acceptors (Lipinski definition) is 5. The van der Waals surface area contributed by atoms with Gasteiger partial charge in [0.05, 0.1) is 5.75 Å². The van der Waals surface area contributed by atoms with Gasteiger partial charge in [-0.05, 0) is 19.3 Å². The van der Waals surface area contributed by atoms with Gasteiger partial charge in [0.15, 0.2) is 5.16 Å². The van der Waals surface area contributed by atoms with Crippen LogP contribution in [0.1, 0.15) is 19.3 Å². The van der Waals surface area contributed by atoms with E-state index < -0.39 is 11.9 Å². The Morgan fingerprint density at radius 1 is 1.53 bits per heavy atom. The van der Waals surface area contributed by atoms with E-state index in [0.717, 1.165) is 12.8 Å². The summed E-state index contributed by atoms with van der Waals surface area (Å²) in [6.07, 6.45) is 4.10. The summed E-state index contributed by atoms with van der Waals surface area (Å²) in [5.41, 5.74) is 5.34. The molecule has 0 aliphatic carbocycles. The Hall–Kier alpha value is -1.57. The molecule has 0 radical (unpaired) electrons. The lowest BCUT2D eigenvalue weighted by atomic mass is 10.0. The minimum absolute atomic E-state index is 0.0727. The van der Waals surface area contributed by atoms with Gasteiger partial charge in [-0.25, -0.2) is 0 Å². The average Bonchev–Trinajstić information content (AvgIpc) is 2.81. The van der Waals surface area contributed by atoms with E-state index in [1.807, 2.05) is 7.05 Å². The molecule has 0 aromatic carbocycles. The molecule has 2 amide bonds. The molecule has 2 N–H and O–H groups in total. The van der Waals surface area contributed by atoms with Crippen LogP contribution < -0.4 is 5.73 Å². The Labute approximate surface area is 115 Å². The molecule has 0 bridgehead atoms. The van der Waals surface area contributed by atoms with Crippen LogP contribution >= 0.6 is 11.8 Å². The van der Waals surface area contributed by atoms with Gasteiger partial charge in [-0.2, -0.15) is 0 Å². The number of piperidine rings is 1.